The molecule has 0 fully saturated rings. The molecule has 4 rings (SSSR count). The Labute approximate surface area is 165 Å². The maximum atomic E-state index is 5.20. The summed E-state index contributed by atoms with van der Waals surface area (Å²) >= 11 is 3.23. The first-order valence-electron chi connectivity index (χ1n) is 8.27. The lowest BCUT2D eigenvalue weighted by molar-refractivity contribution is 0.415. The Hall–Kier alpha value is -2.71. The van der Waals surface area contributed by atoms with Crippen LogP contribution in [0.2, 0.25) is 0 Å². The quantitative estimate of drug-likeness (QED) is 0.454. The highest BCUT2D eigenvalue weighted by atomic mass is 32.2. The first-order chi connectivity index (χ1) is 13.2. The van der Waals surface area contributed by atoms with Gasteiger partial charge in [-0.3, -0.25) is 4.98 Å². The minimum atomic E-state index is 0.734. The summed E-state index contributed by atoms with van der Waals surface area (Å²) in [5, 5.41) is 12.5. The third-order valence-corrected chi connectivity index (χ3v) is 5.94. The topological polar surface area (TPSA) is 65.7 Å². The monoisotopic (exact) mass is 395 g/mol. The van der Waals surface area contributed by atoms with Gasteiger partial charge in [0.25, 0.3) is 0 Å². The fourth-order valence-corrected chi connectivity index (χ4v) is 4.25. The van der Waals surface area contributed by atoms with Crippen LogP contribution in [0.25, 0.3) is 22.1 Å². The number of thioether (sulfide) groups is 1. The molecular weight excluding hydrogens is 378 g/mol. The molecule has 0 aliphatic carbocycles. The second kappa shape index (κ2) is 7.89. The van der Waals surface area contributed by atoms with E-state index in [0.29, 0.717) is 0 Å². The molecule has 3 aromatic heterocycles. The molecule has 0 unspecified atom stereocenters. The standard InChI is InChI=1S/C19H17N5OS2/c1-24-17(13-6-8-15(25-2)9-7-13)22-23-19(24)27-12-14-11-26-18(21-14)16-5-3-4-10-20-16/h3-11H,12H2,1-2H3. The van der Waals surface area contributed by atoms with Crippen molar-refractivity contribution < 1.29 is 4.74 Å². The summed E-state index contributed by atoms with van der Waals surface area (Å²) in [5.74, 6) is 2.38. The van der Waals surface area contributed by atoms with Gasteiger partial charge >= 0.3 is 0 Å². The van der Waals surface area contributed by atoms with Gasteiger partial charge in [-0.15, -0.1) is 21.5 Å². The molecule has 1 aromatic carbocycles. The molecule has 0 atom stereocenters. The molecule has 0 saturated carbocycles. The lowest BCUT2D eigenvalue weighted by atomic mass is 10.2. The zero-order valence-electron chi connectivity index (χ0n) is 14.9. The van der Waals surface area contributed by atoms with Gasteiger partial charge in [0, 0.05) is 29.9 Å². The SMILES string of the molecule is COc1ccc(-c2nnc(SCc3csc(-c4ccccn4)n3)n2C)cc1. The number of rotatable bonds is 6. The van der Waals surface area contributed by atoms with Gasteiger partial charge in [-0.05, 0) is 36.4 Å². The van der Waals surface area contributed by atoms with Gasteiger partial charge in [0.1, 0.15) is 10.8 Å². The van der Waals surface area contributed by atoms with E-state index in [2.05, 4.69) is 25.5 Å². The summed E-state index contributed by atoms with van der Waals surface area (Å²) in [6.07, 6.45) is 1.78. The molecule has 0 bridgehead atoms. The Morgan fingerprint density at radius 3 is 2.70 bits per heavy atom. The number of ether oxygens (including phenoxy) is 1. The van der Waals surface area contributed by atoms with E-state index in [-0.39, 0.29) is 0 Å². The van der Waals surface area contributed by atoms with Gasteiger partial charge in [0.15, 0.2) is 11.0 Å². The van der Waals surface area contributed by atoms with Crippen LogP contribution in [-0.2, 0) is 12.8 Å². The van der Waals surface area contributed by atoms with E-state index >= 15 is 0 Å². The number of thiazole rings is 1. The van der Waals surface area contributed by atoms with Crippen LogP contribution >= 0.6 is 23.1 Å². The van der Waals surface area contributed by atoms with Crippen LogP contribution in [-0.4, -0.2) is 31.8 Å². The van der Waals surface area contributed by atoms with Gasteiger partial charge in [0.2, 0.25) is 0 Å². The van der Waals surface area contributed by atoms with Crippen LogP contribution in [0.15, 0.2) is 59.2 Å². The second-order valence-electron chi connectivity index (χ2n) is 5.74. The van der Waals surface area contributed by atoms with Crippen molar-refractivity contribution in [3.63, 3.8) is 0 Å². The normalized spacial score (nSPS) is 10.9. The lowest BCUT2D eigenvalue weighted by Gasteiger charge is -2.04. The van der Waals surface area contributed by atoms with Gasteiger partial charge in [-0.2, -0.15) is 0 Å². The molecule has 8 heteroatoms. The molecule has 0 radical (unpaired) electrons. The van der Waals surface area contributed by atoms with Gasteiger partial charge in [0.05, 0.1) is 18.5 Å². The molecule has 27 heavy (non-hydrogen) atoms. The molecule has 0 aliphatic heterocycles. The second-order valence-corrected chi connectivity index (χ2v) is 7.54. The van der Waals surface area contributed by atoms with Gasteiger partial charge in [-0.1, -0.05) is 17.8 Å². The number of aromatic nitrogens is 5. The van der Waals surface area contributed by atoms with Crippen molar-refractivity contribution in [3.05, 3.63) is 59.7 Å². The Balaban J connectivity index is 1.46. The van der Waals surface area contributed by atoms with E-state index in [4.69, 9.17) is 4.74 Å². The largest absolute Gasteiger partial charge is 0.497 e. The van der Waals surface area contributed by atoms with Crippen LogP contribution in [0.4, 0.5) is 0 Å². The summed E-state index contributed by atoms with van der Waals surface area (Å²) in [7, 11) is 3.63. The summed E-state index contributed by atoms with van der Waals surface area (Å²) in [6, 6.07) is 13.7. The number of pyridine rings is 1. The Morgan fingerprint density at radius 1 is 1.11 bits per heavy atom. The Morgan fingerprint density at radius 2 is 1.96 bits per heavy atom. The number of methoxy groups -OCH3 is 1. The van der Waals surface area contributed by atoms with Crippen LogP contribution < -0.4 is 4.74 Å². The zero-order chi connectivity index (χ0) is 18.6. The molecule has 0 saturated heterocycles. The average molecular weight is 396 g/mol. The molecular formula is C19H17N5OS2. The van der Waals surface area contributed by atoms with Gasteiger partial charge in [-0.25, -0.2) is 4.98 Å². The first-order valence-corrected chi connectivity index (χ1v) is 10.1. The minimum Gasteiger partial charge on any atom is -0.497 e. The van der Waals surface area contributed by atoms with E-state index in [1.54, 1.807) is 36.4 Å². The summed E-state index contributed by atoms with van der Waals surface area (Å²) in [6.45, 7) is 0. The van der Waals surface area contributed by atoms with Crippen molar-refractivity contribution >= 4 is 23.1 Å². The predicted octanol–water partition coefficient (Wildman–Crippen LogP) is 4.30. The molecule has 6 nitrogen and oxygen atoms in total. The average Bonchev–Trinajstić information content (AvgIpc) is 3.34. The fraction of sp³-hybridized carbons (Fsp3) is 0.158. The number of hydrogen-bond donors (Lipinski definition) is 0. The highest BCUT2D eigenvalue weighted by Gasteiger charge is 2.13. The Bertz CT molecular complexity index is 1030. The molecule has 136 valence electrons. The minimum absolute atomic E-state index is 0.734. The number of benzene rings is 1. The molecule has 3 heterocycles. The van der Waals surface area contributed by atoms with Crippen molar-refractivity contribution in [2.45, 2.75) is 10.9 Å². The Kier molecular flexibility index (Phi) is 5.17. The lowest BCUT2D eigenvalue weighted by Crippen LogP contribution is -1.95. The van der Waals surface area contributed by atoms with Crippen LogP contribution in [0.5, 0.6) is 5.75 Å². The van der Waals surface area contributed by atoms with Crippen molar-refractivity contribution in [1.82, 2.24) is 24.7 Å². The van der Waals surface area contributed by atoms with E-state index < -0.39 is 0 Å². The van der Waals surface area contributed by atoms with Crippen LogP contribution in [0.1, 0.15) is 5.69 Å². The molecule has 0 aliphatic rings. The maximum Gasteiger partial charge on any atom is 0.191 e. The smallest absolute Gasteiger partial charge is 0.191 e. The number of nitrogens with zero attached hydrogens (tertiary/aromatic N) is 5. The van der Waals surface area contributed by atoms with E-state index in [0.717, 1.165) is 44.4 Å². The van der Waals surface area contributed by atoms with Crippen molar-refractivity contribution in [2.24, 2.45) is 7.05 Å². The van der Waals surface area contributed by atoms with Crippen molar-refractivity contribution in [1.29, 1.82) is 0 Å². The van der Waals surface area contributed by atoms with Gasteiger partial charge < -0.3 is 9.30 Å². The molecule has 4 aromatic rings. The summed E-state index contributed by atoms with van der Waals surface area (Å²) < 4.78 is 7.20. The third kappa shape index (κ3) is 3.86. The maximum absolute atomic E-state index is 5.20. The van der Waals surface area contributed by atoms with Crippen LogP contribution in [0, 0.1) is 0 Å². The predicted molar refractivity (Wildman–Crippen MR) is 108 cm³/mol. The first kappa shape index (κ1) is 17.7. The van der Waals surface area contributed by atoms with Crippen molar-refractivity contribution in [3.8, 4) is 27.8 Å². The van der Waals surface area contributed by atoms with Crippen LogP contribution in [0.3, 0.4) is 0 Å². The highest BCUT2D eigenvalue weighted by molar-refractivity contribution is 7.98. The third-order valence-electron chi connectivity index (χ3n) is 3.97. The van der Waals surface area contributed by atoms with E-state index in [1.165, 1.54) is 0 Å². The molecule has 0 amide bonds. The van der Waals surface area contributed by atoms with E-state index in [1.807, 2.05) is 54.1 Å². The highest BCUT2D eigenvalue weighted by Crippen LogP contribution is 2.28. The summed E-state index contributed by atoms with van der Waals surface area (Å²) in [5.41, 5.74) is 2.92. The fourth-order valence-electron chi connectivity index (χ4n) is 2.55. The molecule has 0 N–H and O–H groups in total. The zero-order valence-corrected chi connectivity index (χ0v) is 16.5. The van der Waals surface area contributed by atoms with Crippen molar-refractivity contribution in [2.75, 3.05) is 7.11 Å². The molecule has 0 spiro atoms. The number of hydrogen-bond acceptors (Lipinski definition) is 7. The summed E-state index contributed by atoms with van der Waals surface area (Å²) in [4.78, 5) is 9.02. The van der Waals surface area contributed by atoms with E-state index in [9.17, 15) is 0 Å².